The number of ether oxygens (including phenoxy) is 2. The van der Waals surface area contributed by atoms with Crippen molar-refractivity contribution in [3.05, 3.63) is 53.6 Å². The SMILES string of the molecule is CN(C(=O)Nc1ccc2c(c1)OC(C)(C)O2)C1Cc2ccccc2C1. The summed E-state index contributed by atoms with van der Waals surface area (Å²) in [5, 5.41) is 2.95. The van der Waals surface area contributed by atoms with Gasteiger partial charge in [-0.15, -0.1) is 0 Å². The molecule has 0 spiro atoms. The van der Waals surface area contributed by atoms with E-state index in [1.54, 1.807) is 11.0 Å². The monoisotopic (exact) mass is 338 g/mol. The Hall–Kier alpha value is -2.69. The van der Waals surface area contributed by atoms with E-state index in [0.29, 0.717) is 17.2 Å². The summed E-state index contributed by atoms with van der Waals surface area (Å²) in [4.78, 5) is 14.4. The van der Waals surface area contributed by atoms with Gasteiger partial charge in [0.05, 0.1) is 0 Å². The number of carbonyl (C=O) groups is 1. The number of benzene rings is 2. The minimum Gasteiger partial charge on any atom is -0.449 e. The average molecular weight is 338 g/mol. The molecule has 2 aromatic rings. The molecule has 25 heavy (non-hydrogen) atoms. The summed E-state index contributed by atoms with van der Waals surface area (Å²) >= 11 is 0. The number of amides is 2. The third-order valence-corrected chi connectivity index (χ3v) is 4.80. The summed E-state index contributed by atoms with van der Waals surface area (Å²) in [5.41, 5.74) is 3.36. The molecule has 130 valence electrons. The maximum atomic E-state index is 12.6. The third-order valence-electron chi connectivity index (χ3n) is 4.80. The molecule has 4 rings (SSSR count). The maximum Gasteiger partial charge on any atom is 0.321 e. The fourth-order valence-electron chi connectivity index (χ4n) is 3.49. The van der Waals surface area contributed by atoms with E-state index in [2.05, 4.69) is 29.6 Å². The van der Waals surface area contributed by atoms with Gasteiger partial charge < -0.3 is 19.7 Å². The normalized spacial score (nSPS) is 17.2. The van der Waals surface area contributed by atoms with E-state index in [4.69, 9.17) is 9.47 Å². The molecule has 0 saturated carbocycles. The Morgan fingerprint density at radius 3 is 2.40 bits per heavy atom. The van der Waals surface area contributed by atoms with E-state index in [9.17, 15) is 4.79 Å². The van der Waals surface area contributed by atoms with E-state index < -0.39 is 5.79 Å². The summed E-state index contributed by atoms with van der Waals surface area (Å²) in [6.45, 7) is 3.72. The van der Waals surface area contributed by atoms with Gasteiger partial charge in [0.15, 0.2) is 11.5 Å². The number of anilines is 1. The van der Waals surface area contributed by atoms with Gasteiger partial charge in [-0.05, 0) is 36.1 Å². The first-order valence-corrected chi connectivity index (χ1v) is 8.54. The van der Waals surface area contributed by atoms with Crippen LogP contribution in [0.15, 0.2) is 42.5 Å². The largest absolute Gasteiger partial charge is 0.449 e. The van der Waals surface area contributed by atoms with Crippen molar-refractivity contribution in [1.29, 1.82) is 0 Å². The zero-order valence-corrected chi connectivity index (χ0v) is 14.7. The van der Waals surface area contributed by atoms with Crippen molar-refractivity contribution in [2.24, 2.45) is 0 Å². The number of urea groups is 1. The molecule has 1 N–H and O–H groups in total. The van der Waals surface area contributed by atoms with Crippen molar-refractivity contribution in [2.75, 3.05) is 12.4 Å². The summed E-state index contributed by atoms with van der Waals surface area (Å²) in [7, 11) is 1.85. The molecule has 0 unspecified atom stereocenters. The van der Waals surface area contributed by atoms with Crippen LogP contribution in [-0.4, -0.2) is 29.8 Å². The molecule has 0 saturated heterocycles. The van der Waals surface area contributed by atoms with Crippen molar-refractivity contribution in [3.63, 3.8) is 0 Å². The fraction of sp³-hybridized carbons (Fsp3) is 0.350. The number of hydrogen-bond donors (Lipinski definition) is 1. The molecule has 0 radical (unpaired) electrons. The highest BCUT2D eigenvalue weighted by atomic mass is 16.7. The number of nitrogens with one attached hydrogen (secondary N) is 1. The lowest BCUT2D eigenvalue weighted by Gasteiger charge is -2.24. The van der Waals surface area contributed by atoms with Crippen molar-refractivity contribution < 1.29 is 14.3 Å². The summed E-state index contributed by atoms with van der Waals surface area (Å²) < 4.78 is 11.4. The van der Waals surface area contributed by atoms with Crippen LogP contribution in [0.2, 0.25) is 0 Å². The molecule has 5 heteroatoms. The second kappa shape index (κ2) is 5.69. The van der Waals surface area contributed by atoms with E-state index in [-0.39, 0.29) is 12.1 Å². The number of likely N-dealkylation sites (N-methyl/N-ethyl adjacent to an activating group) is 1. The smallest absolute Gasteiger partial charge is 0.321 e. The minimum atomic E-state index is -0.669. The molecule has 2 aliphatic rings. The van der Waals surface area contributed by atoms with Gasteiger partial charge in [-0.1, -0.05) is 24.3 Å². The molecule has 0 fully saturated rings. The number of hydrogen-bond acceptors (Lipinski definition) is 3. The second-order valence-corrected chi connectivity index (χ2v) is 7.14. The number of rotatable bonds is 2. The van der Waals surface area contributed by atoms with Crippen molar-refractivity contribution in [1.82, 2.24) is 4.90 Å². The predicted molar refractivity (Wildman–Crippen MR) is 96.2 cm³/mol. The Bertz CT molecular complexity index is 806. The molecule has 2 aromatic carbocycles. The van der Waals surface area contributed by atoms with Crippen LogP contribution in [0.1, 0.15) is 25.0 Å². The Labute approximate surface area is 147 Å². The summed E-state index contributed by atoms with van der Waals surface area (Å²) in [6.07, 6.45) is 1.80. The average Bonchev–Trinajstić information content (AvgIpc) is 3.12. The van der Waals surface area contributed by atoms with Crippen molar-refractivity contribution >= 4 is 11.7 Å². The Morgan fingerprint density at radius 1 is 1.08 bits per heavy atom. The predicted octanol–water partition coefficient (Wildman–Crippen LogP) is 3.83. The lowest BCUT2D eigenvalue weighted by molar-refractivity contribution is -0.0431. The van der Waals surface area contributed by atoms with Gasteiger partial charge in [0, 0.05) is 38.7 Å². The lowest BCUT2D eigenvalue weighted by Crippen LogP contribution is -2.40. The quantitative estimate of drug-likeness (QED) is 0.905. The molecular weight excluding hydrogens is 316 g/mol. The van der Waals surface area contributed by atoms with E-state index >= 15 is 0 Å². The van der Waals surface area contributed by atoms with Crippen LogP contribution < -0.4 is 14.8 Å². The molecule has 1 aliphatic carbocycles. The molecule has 1 heterocycles. The van der Waals surface area contributed by atoms with Gasteiger partial charge in [0.25, 0.3) is 0 Å². The minimum absolute atomic E-state index is 0.115. The highest BCUT2D eigenvalue weighted by Crippen LogP contribution is 2.40. The molecule has 0 aromatic heterocycles. The summed E-state index contributed by atoms with van der Waals surface area (Å²) in [5.74, 6) is 0.679. The summed E-state index contributed by atoms with van der Waals surface area (Å²) in [6, 6.07) is 13.9. The first kappa shape index (κ1) is 15.8. The van der Waals surface area contributed by atoms with Crippen LogP contribution in [0.4, 0.5) is 10.5 Å². The van der Waals surface area contributed by atoms with Gasteiger partial charge in [0.2, 0.25) is 5.79 Å². The first-order chi connectivity index (χ1) is 11.9. The molecule has 0 atom stereocenters. The zero-order valence-electron chi connectivity index (χ0n) is 14.7. The molecule has 1 aliphatic heterocycles. The second-order valence-electron chi connectivity index (χ2n) is 7.14. The first-order valence-electron chi connectivity index (χ1n) is 8.54. The Balaban J connectivity index is 1.43. The van der Waals surface area contributed by atoms with Gasteiger partial charge in [-0.2, -0.15) is 0 Å². The lowest BCUT2D eigenvalue weighted by atomic mass is 10.1. The van der Waals surface area contributed by atoms with Crippen molar-refractivity contribution in [2.45, 2.75) is 38.5 Å². The Kier molecular flexibility index (Phi) is 3.60. The molecule has 5 nitrogen and oxygen atoms in total. The van der Waals surface area contributed by atoms with Crippen LogP contribution in [-0.2, 0) is 12.8 Å². The number of carbonyl (C=O) groups excluding carboxylic acids is 1. The molecule has 0 bridgehead atoms. The molecule has 2 amide bonds. The van der Waals surface area contributed by atoms with Gasteiger partial charge in [-0.3, -0.25) is 0 Å². The number of nitrogens with zero attached hydrogens (tertiary/aromatic N) is 1. The van der Waals surface area contributed by atoms with Crippen LogP contribution in [0.25, 0.3) is 0 Å². The topological polar surface area (TPSA) is 50.8 Å². The highest BCUT2D eigenvalue weighted by Gasteiger charge is 2.32. The van der Waals surface area contributed by atoms with Gasteiger partial charge in [0.1, 0.15) is 0 Å². The van der Waals surface area contributed by atoms with Crippen LogP contribution in [0.5, 0.6) is 11.5 Å². The maximum absolute atomic E-state index is 12.6. The zero-order chi connectivity index (χ0) is 17.6. The highest BCUT2D eigenvalue weighted by molar-refractivity contribution is 5.90. The standard InChI is InChI=1S/C20H22N2O3/c1-20(2)24-17-9-8-15(12-18(17)25-20)21-19(23)22(3)16-10-13-6-4-5-7-14(13)11-16/h4-9,12,16H,10-11H2,1-3H3,(H,21,23). The van der Waals surface area contributed by atoms with Gasteiger partial charge >= 0.3 is 6.03 Å². The van der Waals surface area contributed by atoms with E-state index in [1.807, 2.05) is 33.0 Å². The fourth-order valence-corrected chi connectivity index (χ4v) is 3.49. The van der Waals surface area contributed by atoms with Crippen LogP contribution in [0, 0.1) is 0 Å². The Morgan fingerprint density at radius 2 is 1.72 bits per heavy atom. The molecular formula is C20H22N2O3. The van der Waals surface area contributed by atoms with Crippen molar-refractivity contribution in [3.8, 4) is 11.5 Å². The third kappa shape index (κ3) is 3.02. The number of fused-ring (bicyclic) bond motifs is 2. The van der Waals surface area contributed by atoms with Gasteiger partial charge in [-0.25, -0.2) is 4.79 Å². The van der Waals surface area contributed by atoms with E-state index in [1.165, 1.54) is 11.1 Å². The van der Waals surface area contributed by atoms with Crippen LogP contribution >= 0.6 is 0 Å². The van der Waals surface area contributed by atoms with E-state index in [0.717, 1.165) is 12.8 Å². The van der Waals surface area contributed by atoms with Crippen LogP contribution in [0.3, 0.4) is 0 Å².